The van der Waals surface area contributed by atoms with E-state index >= 15 is 0 Å². The Morgan fingerprint density at radius 2 is 0.700 bits per heavy atom. The molecule has 0 saturated carbocycles. The molecule has 0 spiro atoms. The molecule has 0 unspecified atom stereocenters. The third-order valence-electron chi connectivity index (χ3n) is 10.5. The van der Waals surface area contributed by atoms with Gasteiger partial charge in [0.05, 0.1) is 22.1 Å². The highest BCUT2D eigenvalue weighted by atomic mass is 15.0. The van der Waals surface area contributed by atoms with Crippen LogP contribution in [0, 0.1) is 0 Å². The van der Waals surface area contributed by atoms with Gasteiger partial charge in [-0.25, -0.2) is 0 Å². The molecule has 1 aliphatic carbocycles. The molecule has 2 heterocycles. The molecule has 2 nitrogen and oxygen atoms in total. The highest BCUT2D eigenvalue weighted by Gasteiger charge is 2.17. The Morgan fingerprint density at radius 1 is 0.300 bits per heavy atom. The van der Waals surface area contributed by atoms with Gasteiger partial charge in [-0.05, 0) is 107 Å². The fourth-order valence-corrected chi connectivity index (χ4v) is 8.03. The summed E-state index contributed by atoms with van der Waals surface area (Å²) in [5, 5.41) is 5.07. The fourth-order valence-electron chi connectivity index (χ4n) is 8.03. The number of hydrogen-bond donors (Lipinski definition) is 0. The monoisotopic (exact) mass is 638 g/mol. The van der Waals surface area contributed by atoms with Crippen LogP contribution in [0.1, 0.15) is 24.0 Å². The number of para-hydroxylation sites is 3. The lowest BCUT2D eigenvalue weighted by Gasteiger charge is -2.16. The van der Waals surface area contributed by atoms with Crippen molar-refractivity contribution in [2.75, 3.05) is 0 Å². The molecule has 0 atom stereocenters. The average molecular weight is 639 g/mol. The third kappa shape index (κ3) is 4.64. The lowest BCUT2D eigenvalue weighted by atomic mass is 9.90. The molecule has 0 aliphatic heterocycles. The molecule has 50 heavy (non-hydrogen) atoms. The Kier molecular flexibility index (Phi) is 6.67. The summed E-state index contributed by atoms with van der Waals surface area (Å²) in [7, 11) is 0. The summed E-state index contributed by atoms with van der Waals surface area (Å²) in [6.45, 7) is 0. The second kappa shape index (κ2) is 11.6. The van der Waals surface area contributed by atoms with Crippen molar-refractivity contribution in [2.24, 2.45) is 0 Å². The first-order chi connectivity index (χ1) is 24.8. The van der Waals surface area contributed by atoms with Crippen LogP contribution in [0.3, 0.4) is 0 Å². The van der Waals surface area contributed by atoms with Gasteiger partial charge >= 0.3 is 0 Å². The first kappa shape index (κ1) is 28.6. The summed E-state index contributed by atoms with van der Waals surface area (Å²) in [6.07, 6.45) is 6.72. The van der Waals surface area contributed by atoms with Crippen molar-refractivity contribution >= 4 is 54.8 Å². The van der Waals surface area contributed by atoms with Gasteiger partial charge in [-0.2, -0.15) is 0 Å². The van der Waals surface area contributed by atoms with Crippen molar-refractivity contribution in [1.82, 2.24) is 9.13 Å². The van der Waals surface area contributed by atoms with Crippen LogP contribution in [0.2, 0.25) is 0 Å². The van der Waals surface area contributed by atoms with Crippen molar-refractivity contribution in [3.05, 3.63) is 193 Å². The zero-order chi connectivity index (χ0) is 33.0. The van der Waals surface area contributed by atoms with Crippen LogP contribution in [0.5, 0.6) is 0 Å². The highest BCUT2D eigenvalue weighted by molar-refractivity contribution is 6.12. The summed E-state index contributed by atoms with van der Waals surface area (Å²) in [5.41, 5.74) is 15.1. The first-order valence-electron chi connectivity index (χ1n) is 17.5. The molecule has 0 saturated heterocycles. The topological polar surface area (TPSA) is 9.86 Å². The number of allylic oxidation sites excluding steroid dienone is 4. The minimum absolute atomic E-state index is 1.05. The van der Waals surface area contributed by atoms with Crippen molar-refractivity contribution in [2.45, 2.75) is 12.8 Å². The highest BCUT2D eigenvalue weighted by Crippen LogP contribution is 2.39. The lowest BCUT2D eigenvalue weighted by molar-refractivity contribution is 1.07. The SMILES string of the molecule is C1=C(c2ccccc2)CCC(c2ccc(-n3c4ccccc4c4cc(-c5ccc6c(c5)c5ccccc5n6-c5ccccc5)ccc43)cc2)=C1. The van der Waals surface area contributed by atoms with Crippen LogP contribution in [0.4, 0.5) is 0 Å². The molecule has 2 heteroatoms. The van der Waals surface area contributed by atoms with E-state index in [0.717, 1.165) is 12.8 Å². The maximum Gasteiger partial charge on any atom is 0.0541 e. The molecule has 2 aromatic heterocycles. The second-order valence-electron chi connectivity index (χ2n) is 13.3. The van der Waals surface area contributed by atoms with E-state index in [1.807, 2.05) is 0 Å². The Labute approximate surface area is 291 Å². The molecular formula is C48H34N2. The standard InChI is InChI=1S/C48H34N2/c1-3-11-33(12-4-1)34-19-21-35(22-20-34)36-23-27-40(28-24-36)50-46-18-10-8-16-42(46)44-32-38(26-30-48(44)50)37-25-29-47-43(31-37)41-15-7-9-17-45(41)49(47)39-13-5-2-6-14-39/h1-19,21,23-32H,20,22H2. The second-order valence-corrected chi connectivity index (χ2v) is 13.3. The maximum atomic E-state index is 2.41. The van der Waals surface area contributed by atoms with Gasteiger partial charge in [0.15, 0.2) is 0 Å². The number of nitrogens with zero attached hydrogens (tertiary/aromatic N) is 2. The van der Waals surface area contributed by atoms with Crippen LogP contribution < -0.4 is 0 Å². The first-order valence-corrected chi connectivity index (χ1v) is 17.5. The van der Waals surface area contributed by atoms with Crippen molar-refractivity contribution in [3.63, 3.8) is 0 Å². The number of aromatic nitrogens is 2. The number of hydrogen-bond acceptors (Lipinski definition) is 0. The van der Waals surface area contributed by atoms with Gasteiger partial charge in [0.25, 0.3) is 0 Å². The predicted molar refractivity (Wildman–Crippen MR) is 212 cm³/mol. The summed E-state index contributed by atoms with van der Waals surface area (Å²) in [4.78, 5) is 0. The molecular weight excluding hydrogens is 605 g/mol. The summed E-state index contributed by atoms with van der Waals surface area (Å²) in [5.74, 6) is 0. The zero-order valence-electron chi connectivity index (χ0n) is 27.6. The van der Waals surface area contributed by atoms with E-state index in [2.05, 4.69) is 191 Å². The van der Waals surface area contributed by atoms with Gasteiger partial charge < -0.3 is 9.13 Å². The molecule has 0 amide bonds. The molecule has 0 radical (unpaired) electrons. The van der Waals surface area contributed by atoms with Crippen LogP contribution in [0.25, 0.3) is 77.3 Å². The van der Waals surface area contributed by atoms with Crippen LogP contribution in [0.15, 0.2) is 182 Å². The summed E-state index contributed by atoms with van der Waals surface area (Å²) in [6, 6.07) is 62.0. The Hall–Kier alpha value is -6.38. The molecule has 10 rings (SSSR count). The van der Waals surface area contributed by atoms with Gasteiger partial charge in [0.2, 0.25) is 0 Å². The number of fused-ring (bicyclic) bond motifs is 6. The van der Waals surface area contributed by atoms with Crippen molar-refractivity contribution in [3.8, 4) is 22.5 Å². The molecule has 7 aromatic carbocycles. The Balaban J connectivity index is 1.05. The average Bonchev–Trinajstić information content (AvgIpc) is 3.71. The van der Waals surface area contributed by atoms with E-state index in [9.17, 15) is 0 Å². The smallest absolute Gasteiger partial charge is 0.0541 e. The van der Waals surface area contributed by atoms with Crippen molar-refractivity contribution in [1.29, 1.82) is 0 Å². The lowest BCUT2D eigenvalue weighted by Crippen LogP contribution is -1.96. The minimum Gasteiger partial charge on any atom is -0.309 e. The maximum absolute atomic E-state index is 2.41. The molecule has 0 N–H and O–H groups in total. The third-order valence-corrected chi connectivity index (χ3v) is 10.5. The van der Waals surface area contributed by atoms with Crippen molar-refractivity contribution < 1.29 is 0 Å². The summed E-state index contributed by atoms with van der Waals surface area (Å²) < 4.78 is 4.79. The van der Waals surface area contributed by atoms with Gasteiger partial charge in [-0.15, -0.1) is 0 Å². The minimum atomic E-state index is 1.05. The van der Waals surface area contributed by atoms with E-state index in [1.165, 1.54) is 88.4 Å². The molecule has 1 aliphatic rings. The normalized spacial score (nSPS) is 13.3. The number of rotatable bonds is 5. The van der Waals surface area contributed by atoms with E-state index in [1.54, 1.807) is 0 Å². The Morgan fingerprint density at radius 3 is 1.22 bits per heavy atom. The van der Waals surface area contributed by atoms with Gasteiger partial charge in [0, 0.05) is 32.9 Å². The molecule has 0 bridgehead atoms. The van der Waals surface area contributed by atoms with E-state index < -0.39 is 0 Å². The molecule has 236 valence electrons. The molecule has 0 fully saturated rings. The number of benzene rings is 7. The van der Waals surface area contributed by atoms with E-state index in [-0.39, 0.29) is 0 Å². The van der Waals surface area contributed by atoms with Gasteiger partial charge in [-0.1, -0.05) is 121 Å². The van der Waals surface area contributed by atoms with Crippen LogP contribution in [-0.2, 0) is 0 Å². The van der Waals surface area contributed by atoms with Crippen LogP contribution in [-0.4, -0.2) is 9.13 Å². The predicted octanol–water partition coefficient (Wildman–Crippen LogP) is 12.8. The summed E-state index contributed by atoms with van der Waals surface area (Å²) >= 11 is 0. The van der Waals surface area contributed by atoms with E-state index in [0.29, 0.717) is 0 Å². The van der Waals surface area contributed by atoms with Crippen LogP contribution >= 0.6 is 0 Å². The Bertz CT molecular complexity index is 2770. The van der Waals surface area contributed by atoms with E-state index in [4.69, 9.17) is 0 Å². The largest absolute Gasteiger partial charge is 0.309 e. The fraction of sp³-hybridized carbons (Fsp3) is 0.0417. The zero-order valence-corrected chi connectivity index (χ0v) is 27.6. The quantitative estimate of drug-likeness (QED) is 0.178. The van der Waals surface area contributed by atoms with Gasteiger partial charge in [-0.3, -0.25) is 0 Å². The molecule has 9 aromatic rings. The van der Waals surface area contributed by atoms with Gasteiger partial charge in [0.1, 0.15) is 0 Å².